The highest BCUT2D eigenvalue weighted by Gasteiger charge is 2.10. The zero-order valence-electron chi connectivity index (χ0n) is 10.5. The highest BCUT2D eigenvalue weighted by Crippen LogP contribution is 2.12. The Morgan fingerprint density at radius 1 is 1.47 bits per heavy atom. The van der Waals surface area contributed by atoms with E-state index in [-0.39, 0.29) is 17.9 Å². The molecule has 5 nitrogen and oxygen atoms in total. The number of aromatic nitrogens is 2. The minimum atomic E-state index is -0.597. The average Bonchev–Trinajstić information content (AvgIpc) is 2.74. The van der Waals surface area contributed by atoms with E-state index in [0.717, 1.165) is 18.0 Å². The summed E-state index contributed by atoms with van der Waals surface area (Å²) in [6.45, 7) is 0.181. The molecule has 0 atom stereocenters. The van der Waals surface area contributed by atoms with Gasteiger partial charge in [-0.3, -0.25) is 0 Å². The van der Waals surface area contributed by atoms with Crippen LogP contribution >= 0.6 is 0 Å². The van der Waals surface area contributed by atoms with E-state index in [2.05, 4.69) is 4.98 Å². The van der Waals surface area contributed by atoms with E-state index in [0.29, 0.717) is 6.42 Å². The standard InChI is InChI=1S/C13H14FN3O2/c1-17-4-3-16-12(17)2-5-19-13(18)9-6-10(14)8-11(15)7-9/h3-4,6-8H,2,5,15H2,1H3. The molecule has 0 spiro atoms. The van der Waals surface area contributed by atoms with Crippen molar-refractivity contribution in [2.45, 2.75) is 6.42 Å². The van der Waals surface area contributed by atoms with Crippen molar-refractivity contribution in [1.29, 1.82) is 0 Å². The number of imidazole rings is 1. The fourth-order valence-corrected chi connectivity index (χ4v) is 1.69. The van der Waals surface area contributed by atoms with Crippen molar-refractivity contribution >= 4 is 11.7 Å². The minimum absolute atomic E-state index is 0.109. The number of halogens is 1. The summed E-state index contributed by atoms with van der Waals surface area (Å²) < 4.78 is 20.0. The van der Waals surface area contributed by atoms with Crippen LogP contribution in [0.5, 0.6) is 0 Å². The van der Waals surface area contributed by atoms with E-state index >= 15 is 0 Å². The molecule has 0 bridgehead atoms. The van der Waals surface area contributed by atoms with Gasteiger partial charge in [-0.05, 0) is 18.2 Å². The number of nitrogen functional groups attached to an aromatic ring is 1. The lowest BCUT2D eigenvalue weighted by Gasteiger charge is -2.06. The molecule has 1 aromatic carbocycles. The van der Waals surface area contributed by atoms with Crippen molar-refractivity contribution in [2.75, 3.05) is 12.3 Å². The Kier molecular flexibility index (Phi) is 3.79. The van der Waals surface area contributed by atoms with Crippen LogP contribution in [0, 0.1) is 5.82 Å². The molecule has 0 saturated carbocycles. The molecule has 0 aliphatic carbocycles. The second kappa shape index (κ2) is 5.51. The highest BCUT2D eigenvalue weighted by molar-refractivity contribution is 5.90. The molecule has 2 aromatic rings. The number of aryl methyl sites for hydroxylation is 1. The van der Waals surface area contributed by atoms with E-state index in [4.69, 9.17) is 10.5 Å². The summed E-state index contributed by atoms with van der Waals surface area (Å²) in [5.41, 5.74) is 5.76. The molecule has 0 fully saturated rings. The maximum absolute atomic E-state index is 13.1. The third kappa shape index (κ3) is 3.31. The molecule has 0 aliphatic rings. The van der Waals surface area contributed by atoms with Crippen LogP contribution in [0.4, 0.5) is 10.1 Å². The zero-order valence-corrected chi connectivity index (χ0v) is 10.5. The molecule has 6 heteroatoms. The lowest BCUT2D eigenvalue weighted by atomic mass is 10.2. The molecule has 0 unspecified atom stereocenters. The number of carbonyl (C=O) groups excluding carboxylic acids is 1. The maximum atomic E-state index is 13.1. The summed E-state index contributed by atoms with van der Waals surface area (Å²) in [5, 5.41) is 0. The number of hydrogen-bond acceptors (Lipinski definition) is 4. The van der Waals surface area contributed by atoms with Gasteiger partial charge in [0.2, 0.25) is 0 Å². The Balaban J connectivity index is 1.92. The number of nitrogens with zero attached hydrogens (tertiary/aromatic N) is 2. The second-order valence-electron chi connectivity index (χ2n) is 4.11. The van der Waals surface area contributed by atoms with Crippen molar-refractivity contribution in [3.63, 3.8) is 0 Å². The van der Waals surface area contributed by atoms with Crippen LogP contribution in [0.2, 0.25) is 0 Å². The van der Waals surface area contributed by atoms with Crippen molar-refractivity contribution in [2.24, 2.45) is 7.05 Å². The minimum Gasteiger partial charge on any atom is -0.462 e. The lowest BCUT2D eigenvalue weighted by molar-refractivity contribution is 0.0506. The molecule has 2 rings (SSSR count). The molecular formula is C13H14FN3O2. The van der Waals surface area contributed by atoms with Gasteiger partial charge in [-0.2, -0.15) is 0 Å². The molecule has 0 saturated heterocycles. The van der Waals surface area contributed by atoms with Gasteiger partial charge in [0.1, 0.15) is 11.6 Å². The van der Waals surface area contributed by atoms with Gasteiger partial charge in [0.25, 0.3) is 0 Å². The van der Waals surface area contributed by atoms with Crippen LogP contribution in [0.25, 0.3) is 0 Å². The van der Waals surface area contributed by atoms with Crippen molar-refractivity contribution in [3.8, 4) is 0 Å². The fourth-order valence-electron chi connectivity index (χ4n) is 1.69. The first kappa shape index (κ1) is 13.1. The number of carbonyl (C=O) groups is 1. The Labute approximate surface area is 109 Å². The normalized spacial score (nSPS) is 10.4. The van der Waals surface area contributed by atoms with Gasteiger partial charge < -0.3 is 15.0 Å². The summed E-state index contributed by atoms with van der Waals surface area (Å²) in [7, 11) is 1.86. The number of nitrogens with two attached hydrogens (primary N) is 1. The molecule has 0 radical (unpaired) electrons. The van der Waals surface area contributed by atoms with Crippen LogP contribution < -0.4 is 5.73 Å². The zero-order chi connectivity index (χ0) is 13.8. The predicted octanol–water partition coefficient (Wildman–Crippen LogP) is 1.54. The fraction of sp³-hybridized carbons (Fsp3) is 0.231. The summed E-state index contributed by atoms with van der Waals surface area (Å²) >= 11 is 0. The first-order chi connectivity index (χ1) is 9.06. The predicted molar refractivity (Wildman–Crippen MR) is 68.0 cm³/mol. The van der Waals surface area contributed by atoms with Crippen LogP contribution in [0.3, 0.4) is 0 Å². The Bertz CT molecular complexity index is 575. The van der Waals surface area contributed by atoms with Crippen LogP contribution in [-0.2, 0) is 18.2 Å². The molecule has 0 aliphatic heterocycles. The number of benzene rings is 1. The first-order valence-electron chi connectivity index (χ1n) is 5.75. The van der Waals surface area contributed by atoms with Gasteiger partial charge in [-0.25, -0.2) is 14.2 Å². The molecule has 2 N–H and O–H groups in total. The Morgan fingerprint density at radius 3 is 2.89 bits per heavy atom. The van der Waals surface area contributed by atoms with Gasteiger partial charge in [0, 0.05) is 31.5 Å². The second-order valence-corrected chi connectivity index (χ2v) is 4.11. The van der Waals surface area contributed by atoms with Crippen LogP contribution in [-0.4, -0.2) is 22.1 Å². The highest BCUT2D eigenvalue weighted by atomic mass is 19.1. The van der Waals surface area contributed by atoms with E-state index < -0.39 is 11.8 Å². The van der Waals surface area contributed by atoms with Crippen LogP contribution in [0.15, 0.2) is 30.6 Å². The van der Waals surface area contributed by atoms with Crippen molar-refractivity contribution < 1.29 is 13.9 Å². The van der Waals surface area contributed by atoms with Gasteiger partial charge >= 0.3 is 5.97 Å². The van der Waals surface area contributed by atoms with E-state index in [1.807, 2.05) is 17.8 Å². The van der Waals surface area contributed by atoms with Gasteiger partial charge in [0.05, 0.1) is 12.2 Å². The molecule has 100 valence electrons. The SMILES string of the molecule is Cn1ccnc1CCOC(=O)c1cc(N)cc(F)c1. The summed E-state index contributed by atoms with van der Waals surface area (Å²) in [6.07, 6.45) is 3.98. The third-order valence-corrected chi connectivity index (χ3v) is 2.64. The Morgan fingerprint density at radius 2 is 2.26 bits per heavy atom. The third-order valence-electron chi connectivity index (χ3n) is 2.64. The topological polar surface area (TPSA) is 70.1 Å². The van der Waals surface area contributed by atoms with Gasteiger partial charge in [-0.15, -0.1) is 0 Å². The summed E-state index contributed by atoms with van der Waals surface area (Å²) in [5.74, 6) is -0.344. The average molecular weight is 263 g/mol. The van der Waals surface area contributed by atoms with Crippen molar-refractivity contribution in [1.82, 2.24) is 9.55 Å². The van der Waals surface area contributed by atoms with E-state index in [9.17, 15) is 9.18 Å². The number of rotatable bonds is 4. The number of anilines is 1. The largest absolute Gasteiger partial charge is 0.462 e. The van der Waals surface area contributed by atoms with Gasteiger partial charge in [-0.1, -0.05) is 0 Å². The number of ether oxygens (including phenoxy) is 1. The van der Waals surface area contributed by atoms with E-state index in [1.165, 1.54) is 6.07 Å². The van der Waals surface area contributed by atoms with Gasteiger partial charge in [0.15, 0.2) is 0 Å². The molecule has 1 aromatic heterocycles. The quantitative estimate of drug-likeness (QED) is 0.671. The first-order valence-corrected chi connectivity index (χ1v) is 5.75. The summed E-state index contributed by atoms with van der Waals surface area (Å²) in [4.78, 5) is 15.8. The maximum Gasteiger partial charge on any atom is 0.338 e. The summed E-state index contributed by atoms with van der Waals surface area (Å²) in [6, 6.07) is 3.62. The lowest BCUT2D eigenvalue weighted by Crippen LogP contribution is -2.10. The van der Waals surface area contributed by atoms with E-state index in [1.54, 1.807) is 6.20 Å². The molecule has 0 amide bonds. The number of esters is 1. The molecule has 1 heterocycles. The molecular weight excluding hydrogens is 249 g/mol. The van der Waals surface area contributed by atoms with Crippen LogP contribution in [0.1, 0.15) is 16.2 Å². The Hall–Kier alpha value is -2.37. The van der Waals surface area contributed by atoms with Crippen molar-refractivity contribution in [3.05, 3.63) is 47.8 Å². The molecule has 19 heavy (non-hydrogen) atoms. The monoisotopic (exact) mass is 263 g/mol. The number of hydrogen-bond donors (Lipinski definition) is 1. The smallest absolute Gasteiger partial charge is 0.338 e.